The summed E-state index contributed by atoms with van der Waals surface area (Å²) in [6.45, 7) is 2.94. The van der Waals surface area contributed by atoms with Crippen LogP contribution in [0.25, 0.3) is 0 Å². The van der Waals surface area contributed by atoms with Gasteiger partial charge in [-0.15, -0.1) is 0 Å². The molecule has 0 aromatic heterocycles. The Hall–Kier alpha value is -1.61. The van der Waals surface area contributed by atoms with Gasteiger partial charge in [0.2, 0.25) is 0 Å². The summed E-state index contributed by atoms with van der Waals surface area (Å²) in [5.41, 5.74) is 2.01. The highest BCUT2D eigenvalue weighted by Gasteiger charge is 1.94. The summed E-state index contributed by atoms with van der Waals surface area (Å²) in [4.78, 5) is 4.44. The first-order valence-corrected chi connectivity index (χ1v) is 7.60. The molecule has 2 rings (SSSR count). The quantitative estimate of drug-likeness (QED) is 0.514. The zero-order valence-electron chi connectivity index (χ0n) is 11.6. The average Bonchev–Trinajstić information content (AvgIpc) is 2.48. The Labute approximate surface area is 128 Å². The molecule has 0 N–H and O–H groups in total. The van der Waals surface area contributed by atoms with E-state index in [1.807, 2.05) is 54.7 Å². The van der Waals surface area contributed by atoms with Gasteiger partial charge in [-0.05, 0) is 60.5 Å². The molecule has 2 aromatic carbocycles. The first-order valence-electron chi connectivity index (χ1n) is 6.80. The van der Waals surface area contributed by atoms with Crippen molar-refractivity contribution >= 4 is 27.8 Å². The van der Waals surface area contributed by atoms with Crippen molar-refractivity contribution < 1.29 is 4.74 Å². The molecule has 0 saturated carbocycles. The van der Waals surface area contributed by atoms with E-state index in [-0.39, 0.29) is 0 Å². The van der Waals surface area contributed by atoms with Gasteiger partial charge < -0.3 is 4.74 Å². The van der Waals surface area contributed by atoms with Crippen molar-refractivity contribution in [3.05, 3.63) is 58.6 Å². The van der Waals surface area contributed by atoms with Gasteiger partial charge in [0.1, 0.15) is 5.75 Å². The second kappa shape index (κ2) is 7.85. The number of ether oxygens (including phenoxy) is 1. The number of halogens is 1. The van der Waals surface area contributed by atoms with Gasteiger partial charge in [0.25, 0.3) is 0 Å². The van der Waals surface area contributed by atoms with Gasteiger partial charge in [0, 0.05) is 10.7 Å². The predicted molar refractivity (Wildman–Crippen MR) is 88.2 cm³/mol. The SMILES string of the molecule is CCCCOc1ccc(C=Nc2ccc(Br)cc2)cc1. The number of rotatable bonds is 6. The van der Waals surface area contributed by atoms with E-state index in [1.165, 1.54) is 0 Å². The minimum atomic E-state index is 0.781. The molecule has 0 heterocycles. The monoisotopic (exact) mass is 331 g/mol. The van der Waals surface area contributed by atoms with Crippen molar-refractivity contribution in [2.24, 2.45) is 4.99 Å². The predicted octanol–water partition coefficient (Wildman–Crippen LogP) is 5.38. The van der Waals surface area contributed by atoms with Crippen LogP contribution in [0.4, 0.5) is 5.69 Å². The zero-order valence-corrected chi connectivity index (χ0v) is 13.1. The molecule has 20 heavy (non-hydrogen) atoms. The summed E-state index contributed by atoms with van der Waals surface area (Å²) in [6.07, 6.45) is 4.10. The molecule has 0 saturated heterocycles. The van der Waals surface area contributed by atoms with Gasteiger partial charge >= 0.3 is 0 Å². The highest BCUT2D eigenvalue weighted by molar-refractivity contribution is 9.10. The van der Waals surface area contributed by atoms with Gasteiger partial charge in [0.15, 0.2) is 0 Å². The molecule has 3 heteroatoms. The van der Waals surface area contributed by atoms with E-state index in [0.717, 1.165) is 40.9 Å². The third kappa shape index (κ3) is 4.82. The van der Waals surface area contributed by atoms with Crippen LogP contribution in [0.3, 0.4) is 0 Å². The Bertz CT molecular complexity index is 546. The molecule has 0 aliphatic heterocycles. The maximum Gasteiger partial charge on any atom is 0.119 e. The van der Waals surface area contributed by atoms with Crippen LogP contribution >= 0.6 is 15.9 Å². The Morgan fingerprint density at radius 3 is 2.40 bits per heavy atom. The summed E-state index contributed by atoms with van der Waals surface area (Å²) in [5, 5.41) is 0. The van der Waals surface area contributed by atoms with Crippen molar-refractivity contribution in [2.45, 2.75) is 19.8 Å². The number of nitrogens with zero attached hydrogens (tertiary/aromatic N) is 1. The molecule has 0 fully saturated rings. The van der Waals surface area contributed by atoms with E-state index in [4.69, 9.17) is 4.74 Å². The Balaban J connectivity index is 1.94. The topological polar surface area (TPSA) is 21.6 Å². The van der Waals surface area contributed by atoms with E-state index in [0.29, 0.717) is 0 Å². The molecule has 0 aliphatic carbocycles. The standard InChI is InChI=1S/C17H18BrNO/c1-2-3-12-20-17-10-4-14(5-11-17)13-19-16-8-6-15(18)7-9-16/h4-11,13H,2-3,12H2,1H3. The molecular weight excluding hydrogens is 314 g/mol. The van der Waals surface area contributed by atoms with E-state index in [9.17, 15) is 0 Å². The minimum Gasteiger partial charge on any atom is -0.494 e. The van der Waals surface area contributed by atoms with Gasteiger partial charge in [-0.25, -0.2) is 0 Å². The lowest BCUT2D eigenvalue weighted by atomic mass is 10.2. The number of unbranched alkanes of at least 4 members (excludes halogenated alkanes) is 1. The lowest BCUT2D eigenvalue weighted by Gasteiger charge is -2.04. The molecule has 104 valence electrons. The molecule has 2 aromatic rings. The van der Waals surface area contributed by atoms with Crippen molar-refractivity contribution in [3.8, 4) is 5.75 Å². The van der Waals surface area contributed by atoms with Crippen molar-refractivity contribution in [3.63, 3.8) is 0 Å². The number of hydrogen-bond acceptors (Lipinski definition) is 2. The Kier molecular flexibility index (Phi) is 5.81. The van der Waals surface area contributed by atoms with Crippen LogP contribution < -0.4 is 4.74 Å². The second-order valence-corrected chi connectivity index (χ2v) is 5.42. The fraction of sp³-hybridized carbons (Fsp3) is 0.235. The number of aliphatic imine (C=N–C) groups is 1. The zero-order chi connectivity index (χ0) is 14.2. The molecular formula is C17H18BrNO. The molecule has 0 radical (unpaired) electrons. The van der Waals surface area contributed by atoms with Crippen LogP contribution in [0.15, 0.2) is 58.0 Å². The maximum atomic E-state index is 5.63. The van der Waals surface area contributed by atoms with Gasteiger partial charge in [-0.2, -0.15) is 0 Å². The van der Waals surface area contributed by atoms with Crippen LogP contribution in [0.2, 0.25) is 0 Å². The summed E-state index contributed by atoms with van der Waals surface area (Å²) in [6, 6.07) is 15.9. The number of hydrogen-bond donors (Lipinski definition) is 0. The van der Waals surface area contributed by atoms with Gasteiger partial charge in [-0.1, -0.05) is 29.3 Å². The molecule has 0 amide bonds. The van der Waals surface area contributed by atoms with Gasteiger partial charge in [-0.3, -0.25) is 4.99 Å². The summed E-state index contributed by atoms with van der Waals surface area (Å²) < 4.78 is 6.69. The number of benzene rings is 2. The van der Waals surface area contributed by atoms with E-state index in [2.05, 4.69) is 27.8 Å². The third-order valence-electron chi connectivity index (χ3n) is 2.84. The Morgan fingerprint density at radius 1 is 1.05 bits per heavy atom. The van der Waals surface area contributed by atoms with Crippen molar-refractivity contribution in [2.75, 3.05) is 6.61 Å². The van der Waals surface area contributed by atoms with E-state index in [1.54, 1.807) is 0 Å². The Morgan fingerprint density at radius 2 is 1.75 bits per heavy atom. The van der Waals surface area contributed by atoms with E-state index < -0.39 is 0 Å². The highest BCUT2D eigenvalue weighted by atomic mass is 79.9. The molecule has 0 bridgehead atoms. The lowest BCUT2D eigenvalue weighted by molar-refractivity contribution is 0.309. The van der Waals surface area contributed by atoms with Crippen LogP contribution in [0.1, 0.15) is 25.3 Å². The van der Waals surface area contributed by atoms with Crippen molar-refractivity contribution in [1.82, 2.24) is 0 Å². The fourth-order valence-electron chi connectivity index (χ4n) is 1.66. The maximum absolute atomic E-state index is 5.63. The smallest absolute Gasteiger partial charge is 0.119 e. The van der Waals surface area contributed by atoms with E-state index >= 15 is 0 Å². The lowest BCUT2D eigenvalue weighted by Crippen LogP contribution is -1.96. The van der Waals surface area contributed by atoms with Crippen LogP contribution in [0, 0.1) is 0 Å². The average molecular weight is 332 g/mol. The largest absolute Gasteiger partial charge is 0.494 e. The van der Waals surface area contributed by atoms with Crippen LogP contribution in [0.5, 0.6) is 5.75 Å². The first-order chi connectivity index (χ1) is 9.78. The van der Waals surface area contributed by atoms with Crippen LogP contribution in [-0.4, -0.2) is 12.8 Å². The second-order valence-electron chi connectivity index (χ2n) is 4.51. The van der Waals surface area contributed by atoms with Crippen LogP contribution in [-0.2, 0) is 0 Å². The van der Waals surface area contributed by atoms with Crippen molar-refractivity contribution in [1.29, 1.82) is 0 Å². The molecule has 2 nitrogen and oxygen atoms in total. The molecule has 0 atom stereocenters. The normalized spacial score (nSPS) is 10.9. The summed E-state index contributed by atoms with van der Waals surface area (Å²) >= 11 is 3.41. The van der Waals surface area contributed by atoms with Gasteiger partial charge in [0.05, 0.1) is 12.3 Å². The minimum absolute atomic E-state index is 0.781. The molecule has 0 unspecified atom stereocenters. The summed E-state index contributed by atoms with van der Waals surface area (Å²) in [5.74, 6) is 0.916. The third-order valence-corrected chi connectivity index (χ3v) is 3.36. The highest BCUT2D eigenvalue weighted by Crippen LogP contribution is 2.17. The fourth-order valence-corrected chi connectivity index (χ4v) is 1.93. The molecule has 0 aliphatic rings. The molecule has 0 spiro atoms. The summed E-state index contributed by atoms with van der Waals surface area (Å²) in [7, 11) is 0. The first kappa shape index (κ1) is 14.8.